The predicted molar refractivity (Wildman–Crippen MR) is 135 cm³/mol. The summed E-state index contributed by atoms with van der Waals surface area (Å²) in [6.07, 6.45) is 5.30. The SMILES string of the molecule is COc1ccc(/C=N\NC(=O)c2ccccc2-n2cccc2)cc1OCc1ccc(Cl)cc1Cl. The van der Waals surface area contributed by atoms with E-state index in [9.17, 15) is 4.79 Å². The molecule has 4 rings (SSSR count). The first-order valence-corrected chi connectivity index (χ1v) is 11.1. The van der Waals surface area contributed by atoms with Gasteiger partial charge in [0.25, 0.3) is 5.91 Å². The van der Waals surface area contributed by atoms with Crippen molar-refractivity contribution in [2.45, 2.75) is 6.61 Å². The molecule has 34 heavy (non-hydrogen) atoms. The molecule has 1 N–H and O–H groups in total. The van der Waals surface area contributed by atoms with Gasteiger partial charge in [0, 0.05) is 28.0 Å². The van der Waals surface area contributed by atoms with Crippen molar-refractivity contribution >= 4 is 35.3 Å². The summed E-state index contributed by atoms with van der Waals surface area (Å²) < 4.78 is 13.2. The van der Waals surface area contributed by atoms with Gasteiger partial charge in [-0.3, -0.25) is 4.79 Å². The average molecular weight is 494 g/mol. The van der Waals surface area contributed by atoms with Gasteiger partial charge in [-0.2, -0.15) is 5.10 Å². The van der Waals surface area contributed by atoms with E-state index in [4.69, 9.17) is 32.7 Å². The number of ether oxygens (including phenoxy) is 2. The van der Waals surface area contributed by atoms with Crippen LogP contribution in [0.4, 0.5) is 0 Å². The Kier molecular flexibility index (Phi) is 7.52. The van der Waals surface area contributed by atoms with Gasteiger partial charge in [0.15, 0.2) is 11.5 Å². The lowest BCUT2D eigenvalue weighted by molar-refractivity contribution is 0.0955. The summed E-state index contributed by atoms with van der Waals surface area (Å²) >= 11 is 12.2. The van der Waals surface area contributed by atoms with Crippen LogP contribution < -0.4 is 14.9 Å². The number of carbonyl (C=O) groups is 1. The molecule has 0 unspecified atom stereocenters. The largest absolute Gasteiger partial charge is 0.493 e. The van der Waals surface area contributed by atoms with Gasteiger partial charge < -0.3 is 14.0 Å². The number of nitrogens with zero attached hydrogens (tertiary/aromatic N) is 2. The third-order valence-electron chi connectivity index (χ3n) is 5.00. The number of rotatable bonds is 8. The molecule has 0 saturated carbocycles. The third kappa shape index (κ3) is 5.60. The van der Waals surface area contributed by atoms with Gasteiger partial charge in [0.1, 0.15) is 6.61 Å². The van der Waals surface area contributed by atoms with Crippen LogP contribution in [0.2, 0.25) is 10.0 Å². The lowest BCUT2D eigenvalue weighted by Gasteiger charge is -2.12. The maximum absolute atomic E-state index is 12.7. The second kappa shape index (κ2) is 10.9. The predicted octanol–water partition coefficient (Wildman–Crippen LogP) is 6.14. The van der Waals surface area contributed by atoms with Gasteiger partial charge in [-0.1, -0.05) is 41.4 Å². The molecule has 1 amide bonds. The van der Waals surface area contributed by atoms with E-state index in [2.05, 4.69) is 10.5 Å². The second-order valence-corrected chi connectivity index (χ2v) is 8.08. The number of hydrogen-bond donors (Lipinski definition) is 1. The highest BCUT2D eigenvalue weighted by atomic mass is 35.5. The molecule has 0 aliphatic heterocycles. The van der Waals surface area contributed by atoms with E-state index in [-0.39, 0.29) is 12.5 Å². The standard InChI is InChI=1S/C26H21Cl2N3O3/c1-33-24-11-8-18(14-25(24)34-17-19-9-10-20(27)15-22(19)28)16-29-30-26(32)21-6-2-3-7-23(21)31-12-4-5-13-31/h2-16H,17H2,1H3,(H,30,32)/b29-16-. The van der Waals surface area contributed by atoms with Crippen LogP contribution in [-0.2, 0) is 6.61 Å². The number of benzene rings is 3. The Labute approximate surface area is 207 Å². The van der Waals surface area contributed by atoms with Gasteiger partial charge in [-0.25, -0.2) is 5.43 Å². The summed E-state index contributed by atoms with van der Waals surface area (Å²) in [5.41, 5.74) is 5.37. The molecule has 0 aliphatic rings. The van der Waals surface area contributed by atoms with E-state index in [0.717, 1.165) is 16.8 Å². The number of halogens is 2. The van der Waals surface area contributed by atoms with Crippen LogP contribution in [0.15, 0.2) is 90.3 Å². The molecule has 172 valence electrons. The van der Waals surface area contributed by atoms with Crippen molar-refractivity contribution < 1.29 is 14.3 Å². The monoisotopic (exact) mass is 493 g/mol. The topological polar surface area (TPSA) is 64.8 Å². The summed E-state index contributed by atoms with van der Waals surface area (Å²) in [6, 6.07) is 21.7. The molecule has 1 heterocycles. The zero-order chi connectivity index (χ0) is 23.9. The number of para-hydroxylation sites is 1. The highest BCUT2D eigenvalue weighted by Gasteiger charge is 2.11. The van der Waals surface area contributed by atoms with Crippen molar-refractivity contribution in [2.24, 2.45) is 5.10 Å². The lowest BCUT2D eigenvalue weighted by atomic mass is 10.1. The molecule has 0 spiro atoms. The van der Waals surface area contributed by atoms with E-state index in [0.29, 0.717) is 27.1 Å². The van der Waals surface area contributed by atoms with Crippen molar-refractivity contribution in [3.05, 3.63) is 112 Å². The van der Waals surface area contributed by atoms with Crippen molar-refractivity contribution in [1.29, 1.82) is 0 Å². The average Bonchev–Trinajstić information content (AvgIpc) is 3.38. The molecule has 0 radical (unpaired) electrons. The third-order valence-corrected chi connectivity index (χ3v) is 5.58. The number of methoxy groups -OCH3 is 1. The molecular weight excluding hydrogens is 473 g/mol. The molecule has 6 nitrogen and oxygen atoms in total. The zero-order valence-corrected chi connectivity index (χ0v) is 19.8. The summed E-state index contributed by atoms with van der Waals surface area (Å²) in [5, 5.41) is 5.19. The Hall–Kier alpha value is -3.74. The smallest absolute Gasteiger partial charge is 0.273 e. The maximum Gasteiger partial charge on any atom is 0.273 e. The summed E-state index contributed by atoms with van der Waals surface area (Å²) in [6.45, 7) is 0.236. The van der Waals surface area contributed by atoms with E-state index in [1.165, 1.54) is 6.21 Å². The Morgan fingerprint density at radius 3 is 2.56 bits per heavy atom. The Morgan fingerprint density at radius 2 is 1.79 bits per heavy atom. The minimum Gasteiger partial charge on any atom is -0.493 e. The van der Waals surface area contributed by atoms with E-state index >= 15 is 0 Å². The molecule has 0 aliphatic carbocycles. The molecule has 1 aromatic heterocycles. The summed E-state index contributed by atoms with van der Waals surface area (Å²) in [4.78, 5) is 12.7. The highest BCUT2D eigenvalue weighted by Crippen LogP contribution is 2.30. The van der Waals surface area contributed by atoms with Crippen LogP contribution in [0.3, 0.4) is 0 Å². The minimum absolute atomic E-state index is 0.236. The van der Waals surface area contributed by atoms with Gasteiger partial charge >= 0.3 is 0 Å². The van der Waals surface area contributed by atoms with Gasteiger partial charge in [0.2, 0.25) is 0 Å². The number of nitrogens with one attached hydrogen (secondary N) is 1. The van der Waals surface area contributed by atoms with E-state index in [1.807, 2.05) is 59.4 Å². The Morgan fingerprint density at radius 1 is 1.00 bits per heavy atom. The van der Waals surface area contributed by atoms with Gasteiger partial charge in [0.05, 0.1) is 24.6 Å². The van der Waals surface area contributed by atoms with E-state index in [1.54, 1.807) is 37.4 Å². The summed E-state index contributed by atoms with van der Waals surface area (Å²) in [5.74, 6) is 0.761. The molecule has 0 atom stereocenters. The maximum atomic E-state index is 12.7. The first-order valence-electron chi connectivity index (χ1n) is 10.4. The first-order chi connectivity index (χ1) is 16.5. The van der Waals surface area contributed by atoms with Crippen LogP contribution in [-0.4, -0.2) is 23.8 Å². The number of amides is 1. The number of hydrazone groups is 1. The van der Waals surface area contributed by atoms with Crippen molar-refractivity contribution in [1.82, 2.24) is 9.99 Å². The van der Waals surface area contributed by atoms with Crippen LogP contribution in [0, 0.1) is 0 Å². The van der Waals surface area contributed by atoms with Crippen molar-refractivity contribution in [3.8, 4) is 17.2 Å². The van der Waals surface area contributed by atoms with Crippen LogP contribution in [0.1, 0.15) is 21.5 Å². The lowest BCUT2D eigenvalue weighted by Crippen LogP contribution is -2.19. The molecular formula is C26H21Cl2N3O3. The molecule has 3 aromatic carbocycles. The molecule has 0 saturated heterocycles. The Balaban J connectivity index is 1.46. The van der Waals surface area contributed by atoms with Gasteiger partial charge in [-0.05, 0) is 60.2 Å². The van der Waals surface area contributed by atoms with Crippen LogP contribution in [0.5, 0.6) is 11.5 Å². The van der Waals surface area contributed by atoms with Crippen LogP contribution in [0.25, 0.3) is 5.69 Å². The fourth-order valence-electron chi connectivity index (χ4n) is 3.29. The second-order valence-electron chi connectivity index (χ2n) is 7.24. The number of aromatic nitrogens is 1. The molecule has 0 fully saturated rings. The normalized spacial score (nSPS) is 10.9. The first kappa shape index (κ1) is 23.4. The minimum atomic E-state index is -0.317. The number of carbonyl (C=O) groups excluding carboxylic acids is 1. The molecule has 8 heteroatoms. The molecule has 0 bridgehead atoms. The quantitative estimate of drug-likeness (QED) is 0.237. The highest BCUT2D eigenvalue weighted by molar-refractivity contribution is 6.35. The fraction of sp³-hybridized carbons (Fsp3) is 0.0769. The van der Waals surface area contributed by atoms with Gasteiger partial charge in [-0.15, -0.1) is 0 Å². The zero-order valence-electron chi connectivity index (χ0n) is 18.2. The fourth-order valence-corrected chi connectivity index (χ4v) is 3.76. The van der Waals surface area contributed by atoms with Crippen molar-refractivity contribution in [3.63, 3.8) is 0 Å². The number of hydrogen-bond acceptors (Lipinski definition) is 4. The van der Waals surface area contributed by atoms with E-state index < -0.39 is 0 Å². The summed E-state index contributed by atoms with van der Waals surface area (Å²) in [7, 11) is 1.56. The van der Waals surface area contributed by atoms with Crippen LogP contribution >= 0.6 is 23.2 Å². The molecule has 4 aromatic rings. The van der Waals surface area contributed by atoms with Crippen molar-refractivity contribution in [2.75, 3.05) is 7.11 Å². The Bertz CT molecular complexity index is 1320.